The average Bonchev–Trinajstić information content (AvgIpc) is 3.68. The Labute approximate surface area is 249 Å². The number of fused-ring (bicyclic) bond motifs is 1. The number of benzene rings is 2. The number of para-hydroxylation sites is 1. The van der Waals surface area contributed by atoms with E-state index in [1.807, 2.05) is 32.0 Å². The van der Waals surface area contributed by atoms with E-state index < -0.39 is 30.1 Å². The number of H-pyrrole nitrogens is 1. The second kappa shape index (κ2) is 12.7. The molecule has 2 fully saturated rings. The summed E-state index contributed by atoms with van der Waals surface area (Å²) in [7, 11) is 1.57. The number of hydrogen-bond acceptors (Lipinski definition) is 7. The number of aromatic amines is 1. The lowest BCUT2D eigenvalue weighted by atomic mass is 9.89. The molecule has 11 nitrogen and oxygen atoms in total. The number of ketones is 1. The lowest BCUT2D eigenvalue weighted by molar-refractivity contribution is -0.128. The number of aromatic nitrogens is 1. The summed E-state index contributed by atoms with van der Waals surface area (Å²) in [6, 6.07) is 15.1. The van der Waals surface area contributed by atoms with Crippen LogP contribution >= 0.6 is 0 Å². The third-order valence-corrected chi connectivity index (χ3v) is 8.03. The molecule has 3 heterocycles. The molecule has 1 aromatic heterocycles. The predicted molar refractivity (Wildman–Crippen MR) is 161 cm³/mol. The van der Waals surface area contributed by atoms with Crippen molar-refractivity contribution in [2.75, 3.05) is 18.6 Å². The standard InChI is InChI=1S/C32H37N5O6/c1-18(2)14-20(16-26(38)24-17-22-23(35-24)10-7-11-27(22)42-3)31(40)36-25(15-19-12-13-34-30(19)39)28-29(33)37(32(41)43-28)21-8-5-4-6-9-21/h4-11,17-20,25,28,33,35H,12-16H2,1-3H3,(H,34,39)(H,36,40)/t19-,20+,25-,28?/m0/s1. The van der Waals surface area contributed by atoms with Gasteiger partial charge < -0.3 is 25.1 Å². The summed E-state index contributed by atoms with van der Waals surface area (Å²) in [5.74, 6) is -1.21. The molecule has 0 bridgehead atoms. The molecular weight excluding hydrogens is 550 g/mol. The van der Waals surface area contributed by atoms with Crippen LogP contribution in [0.25, 0.3) is 10.9 Å². The van der Waals surface area contributed by atoms with Crippen molar-refractivity contribution >= 4 is 46.1 Å². The van der Waals surface area contributed by atoms with Crippen molar-refractivity contribution in [3.05, 3.63) is 60.3 Å². The zero-order valence-corrected chi connectivity index (χ0v) is 24.5. The van der Waals surface area contributed by atoms with Crippen molar-refractivity contribution in [2.24, 2.45) is 17.8 Å². The van der Waals surface area contributed by atoms with E-state index in [-0.39, 0.29) is 42.2 Å². The number of nitrogens with one attached hydrogen (secondary N) is 4. The zero-order valence-electron chi connectivity index (χ0n) is 24.5. The van der Waals surface area contributed by atoms with Crippen LogP contribution in [-0.2, 0) is 14.3 Å². The van der Waals surface area contributed by atoms with E-state index in [9.17, 15) is 19.2 Å². The van der Waals surface area contributed by atoms with Crippen molar-refractivity contribution in [3.63, 3.8) is 0 Å². The number of Topliss-reactive ketones (excluding diaryl/α,β-unsaturated/α-hetero) is 1. The van der Waals surface area contributed by atoms with Gasteiger partial charge in [0, 0.05) is 35.7 Å². The van der Waals surface area contributed by atoms with Crippen LogP contribution in [0.3, 0.4) is 0 Å². The van der Waals surface area contributed by atoms with Gasteiger partial charge in [-0.05, 0) is 55.5 Å². The molecule has 0 spiro atoms. The van der Waals surface area contributed by atoms with Crippen LogP contribution in [0, 0.1) is 23.2 Å². The summed E-state index contributed by atoms with van der Waals surface area (Å²) in [4.78, 5) is 57.0. The van der Waals surface area contributed by atoms with E-state index in [0.29, 0.717) is 36.5 Å². The highest BCUT2D eigenvalue weighted by Gasteiger charge is 2.45. The molecule has 0 radical (unpaired) electrons. The molecule has 5 rings (SSSR count). The molecule has 3 aromatic rings. The maximum absolute atomic E-state index is 13.9. The average molecular weight is 588 g/mol. The monoisotopic (exact) mass is 587 g/mol. The van der Waals surface area contributed by atoms with Crippen LogP contribution in [0.2, 0.25) is 0 Å². The Kier molecular flexibility index (Phi) is 8.79. The highest BCUT2D eigenvalue weighted by molar-refractivity contribution is 6.19. The summed E-state index contributed by atoms with van der Waals surface area (Å²) in [6.07, 6.45) is -0.672. The first-order valence-corrected chi connectivity index (χ1v) is 14.6. The third kappa shape index (κ3) is 6.40. The van der Waals surface area contributed by atoms with Gasteiger partial charge in [-0.3, -0.25) is 19.8 Å². The summed E-state index contributed by atoms with van der Waals surface area (Å²) < 4.78 is 11.1. The fraction of sp³-hybridized carbons (Fsp3) is 0.406. The van der Waals surface area contributed by atoms with E-state index in [1.165, 1.54) is 0 Å². The fourth-order valence-corrected chi connectivity index (χ4v) is 5.91. The SMILES string of the molecule is COc1cccc2[nH]c(C(=O)C[C@@H](CC(C)C)C(=O)N[C@@H](C[C@@H]3CCNC3=O)C3OC(=O)N(c4ccccc4)C3=N)cc12. The number of hydrogen-bond donors (Lipinski definition) is 4. The number of carbonyl (C=O) groups excluding carboxylic acids is 4. The molecule has 1 unspecified atom stereocenters. The van der Waals surface area contributed by atoms with E-state index in [1.54, 1.807) is 43.5 Å². The van der Waals surface area contributed by atoms with Crippen LogP contribution in [0.15, 0.2) is 54.6 Å². The smallest absolute Gasteiger partial charge is 0.420 e. The van der Waals surface area contributed by atoms with Crippen molar-refractivity contribution in [2.45, 2.75) is 51.7 Å². The van der Waals surface area contributed by atoms with Crippen LogP contribution in [0.1, 0.15) is 50.0 Å². The number of methoxy groups -OCH3 is 1. The van der Waals surface area contributed by atoms with Crippen LogP contribution in [0.5, 0.6) is 5.75 Å². The van der Waals surface area contributed by atoms with E-state index in [2.05, 4.69) is 15.6 Å². The Morgan fingerprint density at radius 2 is 1.91 bits per heavy atom. The van der Waals surface area contributed by atoms with Crippen molar-refractivity contribution in [1.82, 2.24) is 15.6 Å². The molecule has 4 atom stereocenters. The molecule has 43 heavy (non-hydrogen) atoms. The first kappa shape index (κ1) is 29.8. The van der Waals surface area contributed by atoms with Crippen LogP contribution < -0.4 is 20.3 Å². The van der Waals surface area contributed by atoms with Gasteiger partial charge in [0.15, 0.2) is 17.7 Å². The number of ether oxygens (including phenoxy) is 2. The molecule has 2 aliphatic heterocycles. The fourth-order valence-electron chi connectivity index (χ4n) is 5.91. The Bertz CT molecular complexity index is 1530. The highest BCUT2D eigenvalue weighted by Crippen LogP contribution is 2.30. The maximum Gasteiger partial charge on any atom is 0.420 e. The molecule has 2 aromatic carbocycles. The van der Waals surface area contributed by atoms with Gasteiger partial charge in [0.2, 0.25) is 11.8 Å². The minimum Gasteiger partial charge on any atom is -0.496 e. The van der Waals surface area contributed by atoms with Gasteiger partial charge in [-0.15, -0.1) is 0 Å². The van der Waals surface area contributed by atoms with Gasteiger partial charge in [-0.2, -0.15) is 0 Å². The Balaban J connectivity index is 1.37. The normalized spacial score (nSPS) is 19.8. The largest absolute Gasteiger partial charge is 0.496 e. The van der Waals surface area contributed by atoms with Crippen LogP contribution in [0.4, 0.5) is 10.5 Å². The molecule has 3 amide bonds. The van der Waals surface area contributed by atoms with E-state index in [0.717, 1.165) is 15.8 Å². The second-order valence-corrected chi connectivity index (χ2v) is 11.5. The predicted octanol–water partition coefficient (Wildman–Crippen LogP) is 4.43. The van der Waals surface area contributed by atoms with Crippen molar-refractivity contribution in [3.8, 4) is 5.75 Å². The highest BCUT2D eigenvalue weighted by atomic mass is 16.6. The summed E-state index contributed by atoms with van der Waals surface area (Å²) in [5, 5.41) is 15.4. The number of rotatable bonds is 12. The minimum atomic E-state index is -1.10. The molecule has 0 saturated carbocycles. The first-order valence-electron chi connectivity index (χ1n) is 14.6. The Morgan fingerprint density at radius 3 is 2.58 bits per heavy atom. The van der Waals surface area contributed by atoms with Crippen LogP contribution in [-0.4, -0.2) is 60.3 Å². The lowest BCUT2D eigenvalue weighted by Crippen LogP contribution is -2.50. The number of amides is 3. The van der Waals surface area contributed by atoms with Gasteiger partial charge >= 0.3 is 6.09 Å². The number of cyclic esters (lactones) is 1. The molecule has 2 saturated heterocycles. The van der Waals surface area contributed by atoms with Gasteiger partial charge in [0.25, 0.3) is 0 Å². The van der Waals surface area contributed by atoms with Gasteiger partial charge in [0.1, 0.15) is 5.75 Å². The lowest BCUT2D eigenvalue weighted by Gasteiger charge is -2.28. The summed E-state index contributed by atoms with van der Waals surface area (Å²) >= 11 is 0. The summed E-state index contributed by atoms with van der Waals surface area (Å²) in [6.45, 7) is 4.47. The number of anilines is 1. The van der Waals surface area contributed by atoms with E-state index in [4.69, 9.17) is 14.9 Å². The Morgan fingerprint density at radius 1 is 1.14 bits per heavy atom. The van der Waals surface area contributed by atoms with Gasteiger partial charge in [-0.1, -0.05) is 38.1 Å². The molecule has 2 aliphatic rings. The second-order valence-electron chi connectivity index (χ2n) is 11.5. The zero-order chi connectivity index (χ0) is 30.7. The Hall–Kier alpha value is -4.67. The van der Waals surface area contributed by atoms with Gasteiger partial charge in [-0.25, -0.2) is 9.69 Å². The molecule has 226 valence electrons. The minimum absolute atomic E-state index is 0.0478. The number of carbonyl (C=O) groups is 4. The number of amidine groups is 1. The third-order valence-electron chi connectivity index (χ3n) is 8.03. The quantitative estimate of drug-likeness (QED) is 0.230. The molecule has 0 aliphatic carbocycles. The maximum atomic E-state index is 13.9. The molecule has 4 N–H and O–H groups in total. The first-order chi connectivity index (χ1) is 20.7. The summed E-state index contributed by atoms with van der Waals surface area (Å²) in [5.41, 5.74) is 1.61. The van der Waals surface area contributed by atoms with E-state index >= 15 is 0 Å². The number of nitrogens with zero attached hydrogens (tertiary/aromatic N) is 1. The molecular formula is C32H37N5O6. The van der Waals surface area contributed by atoms with Gasteiger partial charge in [0.05, 0.1) is 24.5 Å². The van der Waals surface area contributed by atoms with Crippen molar-refractivity contribution in [1.29, 1.82) is 5.41 Å². The topological polar surface area (TPSA) is 154 Å². The van der Waals surface area contributed by atoms with Crippen molar-refractivity contribution < 1.29 is 28.7 Å². The molecule has 11 heteroatoms.